The molecule has 0 saturated carbocycles. The van der Waals surface area contributed by atoms with E-state index in [0.717, 1.165) is 16.2 Å². The number of para-hydroxylation sites is 2. The lowest BCUT2D eigenvalue weighted by atomic mass is 10.3. The second-order valence-electron chi connectivity index (χ2n) is 2.72. The summed E-state index contributed by atoms with van der Waals surface area (Å²) in [6.45, 7) is 7.45. The summed E-state index contributed by atoms with van der Waals surface area (Å²) in [5, 5.41) is 2.66. The second-order valence-corrected chi connectivity index (χ2v) is 3.65. The van der Waals surface area contributed by atoms with Gasteiger partial charge in [0, 0.05) is 6.20 Å². The molecule has 0 atom stereocenters. The van der Waals surface area contributed by atoms with Crippen LogP contribution in [0.2, 0.25) is 0 Å². The SMILES string of the molecule is C=CSc1nc2ccccc2n1C=C.Cl. The highest BCUT2D eigenvalue weighted by atomic mass is 35.5. The molecule has 0 radical (unpaired) electrons. The summed E-state index contributed by atoms with van der Waals surface area (Å²) < 4.78 is 1.96. The highest BCUT2D eigenvalue weighted by Gasteiger charge is 2.06. The van der Waals surface area contributed by atoms with Gasteiger partial charge in [0.05, 0.1) is 11.0 Å². The fraction of sp³-hybridized carbons (Fsp3) is 0. The van der Waals surface area contributed by atoms with E-state index in [2.05, 4.69) is 18.1 Å². The third-order valence-electron chi connectivity index (χ3n) is 1.93. The fourth-order valence-corrected chi connectivity index (χ4v) is 1.94. The van der Waals surface area contributed by atoms with Crippen LogP contribution in [-0.2, 0) is 0 Å². The van der Waals surface area contributed by atoms with Crippen LogP contribution in [0.1, 0.15) is 0 Å². The average molecular weight is 239 g/mol. The van der Waals surface area contributed by atoms with Crippen molar-refractivity contribution in [1.29, 1.82) is 0 Å². The Morgan fingerprint density at radius 1 is 1.27 bits per heavy atom. The first-order valence-electron chi connectivity index (χ1n) is 4.24. The monoisotopic (exact) mass is 238 g/mol. The van der Waals surface area contributed by atoms with Crippen molar-refractivity contribution in [3.8, 4) is 0 Å². The van der Waals surface area contributed by atoms with Crippen LogP contribution in [0.25, 0.3) is 17.2 Å². The van der Waals surface area contributed by atoms with Gasteiger partial charge >= 0.3 is 0 Å². The molecule has 1 heterocycles. The average Bonchev–Trinajstić information content (AvgIpc) is 2.55. The third-order valence-corrected chi connectivity index (χ3v) is 2.60. The van der Waals surface area contributed by atoms with Gasteiger partial charge in [-0.05, 0) is 17.5 Å². The number of rotatable bonds is 3. The summed E-state index contributed by atoms with van der Waals surface area (Å²) in [7, 11) is 0. The first kappa shape index (κ1) is 11.9. The van der Waals surface area contributed by atoms with Gasteiger partial charge in [0.1, 0.15) is 0 Å². The number of hydrogen-bond donors (Lipinski definition) is 0. The Labute approximate surface area is 99.1 Å². The van der Waals surface area contributed by atoms with Crippen LogP contribution in [0, 0.1) is 0 Å². The second kappa shape index (κ2) is 5.05. The summed E-state index contributed by atoms with van der Waals surface area (Å²) in [5.74, 6) is 0. The van der Waals surface area contributed by atoms with Gasteiger partial charge in [0.2, 0.25) is 0 Å². The zero-order valence-corrected chi connectivity index (χ0v) is 9.72. The molecule has 0 fully saturated rings. The van der Waals surface area contributed by atoms with Gasteiger partial charge in [-0.2, -0.15) is 0 Å². The molecular formula is C11H11ClN2S. The Morgan fingerprint density at radius 3 is 2.67 bits per heavy atom. The van der Waals surface area contributed by atoms with Crippen LogP contribution in [0.15, 0.2) is 48.0 Å². The molecule has 0 bridgehead atoms. The van der Waals surface area contributed by atoms with Gasteiger partial charge in [-0.25, -0.2) is 4.98 Å². The van der Waals surface area contributed by atoms with Crippen LogP contribution in [0.4, 0.5) is 0 Å². The highest BCUT2D eigenvalue weighted by Crippen LogP contribution is 2.24. The number of thioether (sulfide) groups is 1. The molecule has 0 unspecified atom stereocenters. The summed E-state index contributed by atoms with van der Waals surface area (Å²) >= 11 is 1.50. The topological polar surface area (TPSA) is 17.8 Å². The molecule has 1 aromatic heterocycles. The molecule has 0 aliphatic heterocycles. The van der Waals surface area contributed by atoms with Crippen LogP contribution < -0.4 is 0 Å². The summed E-state index contributed by atoms with van der Waals surface area (Å²) in [5.41, 5.74) is 2.06. The van der Waals surface area contributed by atoms with Crippen molar-refractivity contribution in [3.63, 3.8) is 0 Å². The molecule has 0 aliphatic carbocycles. The van der Waals surface area contributed by atoms with E-state index in [-0.39, 0.29) is 12.4 Å². The van der Waals surface area contributed by atoms with Gasteiger partial charge in [-0.3, -0.25) is 4.57 Å². The minimum absolute atomic E-state index is 0. The molecule has 78 valence electrons. The van der Waals surface area contributed by atoms with Gasteiger partial charge in [0.25, 0.3) is 0 Å². The minimum Gasteiger partial charge on any atom is -0.295 e. The van der Waals surface area contributed by atoms with Crippen LogP contribution in [-0.4, -0.2) is 9.55 Å². The van der Waals surface area contributed by atoms with Crippen molar-refractivity contribution in [1.82, 2.24) is 9.55 Å². The Morgan fingerprint density at radius 2 is 2.00 bits per heavy atom. The largest absolute Gasteiger partial charge is 0.295 e. The zero-order valence-electron chi connectivity index (χ0n) is 8.09. The lowest BCUT2D eigenvalue weighted by molar-refractivity contribution is 0.973. The van der Waals surface area contributed by atoms with E-state index in [1.165, 1.54) is 11.8 Å². The summed E-state index contributed by atoms with van der Waals surface area (Å²) in [4.78, 5) is 4.46. The van der Waals surface area contributed by atoms with Crippen molar-refractivity contribution in [2.24, 2.45) is 0 Å². The number of nitrogens with zero attached hydrogens (tertiary/aromatic N) is 2. The first-order chi connectivity index (χ1) is 6.86. The Hall–Kier alpha value is -1.19. The number of fused-ring (bicyclic) bond motifs is 1. The van der Waals surface area contributed by atoms with E-state index in [1.54, 1.807) is 11.6 Å². The molecule has 1 aromatic carbocycles. The number of aromatic nitrogens is 2. The van der Waals surface area contributed by atoms with E-state index in [0.29, 0.717) is 0 Å². The smallest absolute Gasteiger partial charge is 0.177 e. The number of benzene rings is 1. The minimum atomic E-state index is 0. The van der Waals surface area contributed by atoms with Crippen molar-refractivity contribution in [3.05, 3.63) is 42.8 Å². The molecule has 2 aromatic rings. The van der Waals surface area contributed by atoms with Gasteiger partial charge in [-0.1, -0.05) is 37.1 Å². The molecular weight excluding hydrogens is 228 g/mol. The molecule has 4 heteroatoms. The van der Waals surface area contributed by atoms with Gasteiger partial charge in [-0.15, -0.1) is 12.4 Å². The van der Waals surface area contributed by atoms with Gasteiger partial charge in [0.15, 0.2) is 5.16 Å². The predicted molar refractivity (Wildman–Crippen MR) is 69.4 cm³/mol. The molecule has 0 N–H and O–H groups in total. The number of hydrogen-bond acceptors (Lipinski definition) is 2. The molecule has 0 spiro atoms. The molecule has 2 nitrogen and oxygen atoms in total. The normalized spacial score (nSPS) is 9.60. The number of halogens is 1. The van der Waals surface area contributed by atoms with E-state index in [4.69, 9.17) is 0 Å². The maximum atomic E-state index is 4.46. The van der Waals surface area contributed by atoms with E-state index in [1.807, 2.05) is 28.8 Å². The molecule has 2 rings (SSSR count). The van der Waals surface area contributed by atoms with Crippen LogP contribution >= 0.6 is 24.2 Å². The maximum Gasteiger partial charge on any atom is 0.177 e. The summed E-state index contributed by atoms with van der Waals surface area (Å²) in [6, 6.07) is 7.98. The summed E-state index contributed by atoms with van der Waals surface area (Å²) in [6.07, 6.45) is 1.77. The molecule has 0 saturated heterocycles. The van der Waals surface area contributed by atoms with E-state index >= 15 is 0 Å². The van der Waals surface area contributed by atoms with E-state index in [9.17, 15) is 0 Å². The molecule has 0 amide bonds. The standard InChI is InChI=1S/C11H10N2S.ClH/c1-3-13-10-8-6-5-7-9(10)12-11(13)14-4-2;/h3-8H,1-2H2;1H. The Bertz CT molecular complexity index is 490. The molecule has 0 aliphatic rings. The maximum absolute atomic E-state index is 4.46. The lowest BCUT2D eigenvalue weighted by Gasteiger charge is -1.98. The predicted octanol–water partition coefficient (Wildman–Crippen LogP) is 3.79. The molecule has 15 heavy (non-hydrogen) atoms. The van der Waals surface area contributed by atoms with Crippen LogP contribution in [0.3, 0.4) is 0 Å². The third kappa shape index (κ3) is 2.08. The van der Waals surface area contributed by atoms with Crippen molar-refractivity contribution in [2.75, 3.05) is 0 Å². The number of imidazole rings is 1. The quantitative estimate of drug-likeness (QED) is 0.757. The highest BCUT2D eigenvalue weighted by molar-refractivity contribution is 8.02. The van der Waals surface area contributed by atoms with Gasteiger partial charge < -0.3 is 0 Å². The Balaban J connectivity index is 0.00000112. The first-order valence-corrected chi connectivity index (χ1v) is 5.12. The van der Waals surface area contributed by atoms with Crippen molar-refractivity contribution < 1.29 is 0 Å². The Kier molecular flexibility index (Phi) is 4.00. The van der Waals surface area contributed by atoms with Crippen molar-refractivity contribution in [2.45, 2.75) is 5.16 Å². The lowest BCUT2D eigenvalue weighted by Crippen LogP contribution is -1.86. The fourth-order valence-electron chi connectivity index (χ4n) is 1.36. The van der Waals surface area contributed by atoms with Crippen LogP contribution in [0.5, 0.6) is 0 Å². The zero-order chi connectivity index (χ0) is 9.97. The van der Waals surface area contributed by atoms with Crippen molar-refractivity contribution >= 4 is 41.4 Å². The van der Waals surface area contributed by atoms with E-state index < -0.39 is 0 Å².